The van der Waals surface area contributed by atoms with Crippen molar-refractivity contribution in [3.63, 3.8) is 0 Å². The number of esters is 2. The van der Waals surface area contributed by atoms with Crippen LogP contribution in [0.1, 0.15) is 20.7 Å². The van der Waals surface area contributed by atoms with E-state index < -0.39 is 24.5 Å². The number of rotatable bonds is 5. The van der Waals surface area contributed by atoms with E-state index in [9.17, 15) is 14.4 Å². The van der Waals surface area contributed by atoms with Gasteiger partial charge in [-0.2, -0.15) is 0 Å². The number of aromatic nitrogens is 1. The number of carbonyl (C=O) groups is 3. The van der Waals surface area contributed by atoms with Crippen LogP contribution in [0.2, 0.25) is 5.15 Å². The quantitative estimate of drug-likeness (QED) is 0.658. The number of pyridine rings is 1. The largest absolute Gasteiger partial charge is 0.465 e. The van der Waals surface area contributed by atoms with Gasteiger partial charge in [0.2, 0.25) is 0 Å². The van der Waals surface area contributed by atoms with Crippen LogP contribution in [0.25, 0.3) is 0 Å². The molecule has 1 heterocycles. The summed E-state index contributed by atoms with van der Waals surface area (Å²) in [7, 11) is 1.28. The van der Waals surface area contributed by atoms with Gasteiger partial charge in [-0.25, -0.2) is 14.6 Å². The second-order valence-corrected chi connectivity index (χ2v) is 4.95. The number of hydrogen-bond acceptors (Lipinski definition) is 6. The average Bonchev–Trinajstić information content (AvgIpc) is 2.60. The first-order chi connectivity index (χ1) is 11.5. The maximum Gasteiger partial charge on any atom is 0.340 e. The molecule has 1 aromatic heterocycles. The second-order valence-electron chi connectivity index (χ2n) is 4.56. The number of amides is 1. The number of methoxy groups -OCH3 is 1. The molecule has 7 nitrogen and oxygen atoms in total. The fraction of sp³-hybridized carbons (Fsp3) is 0.125. The van der Waals surface area contributed by atoms with Gasteiger partial charge in [-0.3, -0.25) is 4.79 Å². The molecule has 0 fully saturated rings. The van der Waals surface area contributed by atoms with Gasteiger partial charge in [-0.1, -0.05) is 11.6 Å². The lowest BCUT2D eigenvalue weighted by atomic mass is 10.2. The van der Waals surface area contributed by atoms with Gasteiger partial charge in [-0.05, 0) is 36.4 Å². The minimum atomic E-state index is -0.685. The zero-order valence-electron chi connectivity index (χ0n) is 12.6. The fourth-order valence-electron chi connectivity index (χ4n) is 1.72. The number of hydrogen-bond donors (Lipinski definition) is 1. The smallest absolute Gasteiger partial charge is 0.340 e. The Morgan fingerprint density at radius 3 is 2.29 bits per heavy atom. The molecule has 0 radical (unpaired) electrons. The molecule has 24 heavy (non-hydrogen) atoms. The minimum absolute atomic E-state index is 0.189. The molecule has 124 valence electrons. The molecular formula is C16H13ClN2O5. The molecule has 0 bridgehead atoms. The monoisotopic (exact) mass is 348 g/mol. The van der Waals surface area contributed by atoms with Gasteiger partial charge in [0.15, 0.2) is 6.61 Å². The zero-order chi connectivity index (χ0) is 17.5. The fourth-order valence-corrected chi connectivity index (χ4v) is 1.83. The predicted molar refractivity (Wildman–Crippen MR) is 85.9 cm³/mol. The lowest BCUT2D eigenvalue weighted by Gasteiger charge is -2.07. The van der Waals surface area contributed by atoms with E-state index in [2.05, 4.69) is 15.0 Å². The molecule has 0 aliphatic rings. The molecule has 0 atom stereocenters. The summed E-state index contributed by atoms with van der Waals surface area (Å²) in [5.41, 5.74) is 1.00. The molecule has 0 aliphatic heterocycles. The topological polar surface area (TPSA) is 94.6 Å². The molecule has 0 spiro atoms. The Hall–Kier alpha value is -2.93. The third-order valence-electron chi connectivity index (χ3n) is 2.89. The van der Waals surface area contributed by atoms with Crippen molar-refractivity contribution in [1.82, 2.24) is 4.98 Å². The maximum atomic E-state index is 11.8. The number of nitrogens with one attached hydrogen (secondary N) is 1. The molecule has 0 saturated carbocycles. The van der Waals surface area contributed by atoms with E-state index in [1.807, 2.05) is 0 Å². The van der Waals surface area contributed by atoms with E-state index in [0.29, 0.717) is 11.3 Å². The van der Waals surface area contributed by atoms with Crippen molar-refractivity contribution in [2.24, 2.45) is 0 Å². The van der Waals surface area contributed by atoms with Crippen LogP contribution in [0.3, 0.4) is 0 Å². The van der Waals surface area contributed by atoms with E-state index >= 15 is 0 Å². The van der Waals surface area contributed by atoms with Gasteiger partial charge in [0, 0.05) is 11.9 Å². The van der Waals surface area contributed by atoms with Crippen LogP contribution in [-0.4, -0.2) is 36.5 Å². The highest BCUT2D eigenvalue weighted by Gasteiger charge is 2.11. The first-order valence-electron chi connectivity index (χ1n) is 6.76. The molecule has 2 aromatic rings. The maximum absolute atomic E-state index is 11.8. The van der Waals surface area contributed by atoms with Crippen molar-refractivity contribution in [3.05, 3.63) is 58.9 Å². The second kappa shape index (κ2) is 8.07. The highest BCUT2D eigenvalue weighted by Crippen LogP contribution is 2.11. The Bertz CT molecular complexity index is 744. The van der Waals surface area contributed by atoms with Crippen LogP contribution in [0.5, 0.6) is 0 Å². The van der Waals surface area contributed by atoms with Gasteiger partial charge in [0.1, 0.15) is 5.15 Å². The van der Waals surface area contributed by atoms with Crippen LogP contribution in [-0.2, 0) is 14.3 Å². The van der Waals surface area contributed by atoms with Crippen LogP contribution < -0.4 is 5.32 Å². The molecule has 2 rings (SSSR count). The average molecular weight is 349 g/mol. The Kier molecular flexibility index (Phi) is 5.86. The summed E-state index contributed by atoms with van der Waals surface area (Å²) in [6, 6.07) is 8.98. The third-order valence-corrected chi connectivity index (χ3v) is 3.11. The predicted octanol–water partition coefficient (Wildman–Crippen LogP) is 2.32. The standard InChI is InChI=1S/C16H13ClN2O5/c1-23-15(21)10-2-5-12(6-3-10)19-14(20)9-24-16(22)11-4-7-13(17)18-8-11/h2-8H,9H2,1H3,(H,19,20). The number of halogens is 1. The number of ether oxygens (including phenoxy) is 2. The molecular weight excluding hydrogens is 336 g/mol. The Morgan fingerprint density at radius 2 is 1.71 bits per heavy atom. The van der Waals surface area contributed by atoms with Crippen molar-refractivity contribution >= 4 is 35.1 Å². The first-order valence-corrected chi connectivity index (χ1v) is 7.14. The number of anilines is 1. The van der Waals surface area contributed by atoms with Crippen molar-refractivity contribution in [3.8, 4) is 0 Å². The molecule has 1 aromatic carbocycles. The normalized spacial score (nSPS) is 9.92. The van der Waals surface area contributed by atoms with Crippen molar-refractivity contribution < 1.29 is 23.9 Å². The number of nitrogens with zero attached hydrogens (tertiary/aromatic N) is 1. The van der Waals surface area contributed by atoms with Gasteiger partial charge in [-0.15, -0.1) is 0 Å². The molecule has 0 unspecified atom stereocenters. The van der Waals surface area contributed by atoms with Gasteiger partial charge in [0.25, 0.3) is 5.91 Å². The lowest BCUT2D eigenvalue weighted by molar-refractivity contribution is -0.119. The van der Waals surface area contributed by atoms with Gasteiger partial charge >= 0.3 is 11.9 Å². The summed E-state index contributed by atoms with van der Waals surface area (Å²) in [6.45, 7) is -0.458. The summed E-state index contributed by atoms with van der Waals surface area (Å²) < 4.78 is 9.45. The van der Waals surface area contributed by atoms with E-state index in [1.54, 1.807) is 0 Å². The number of benzene rings is 1. The van der Waals surface area contributed by atoms with E-state index in [4.69, 9.17) is 16.3 Å². The Labute approximate surface area is 142 Å². The van der Waals surface area contributed by atoms with E-state index in [-0.39, 0.29) is 10.7 Å². The summed E-state index contributed by atoms with van der Waals surface area (Å²) >= 11 is 5.62. The van der Waals surface area contributed by atoms with Crippen LogP contribution in [0.15, 0.2) is 42.6 Å². The van der Waals surface area contributed by atoms with Crippen molar-refractivity contribution in [2.45, 2.75) is 0 Å². The molecule has 0 aliphatic carbocycles. The Morgan fingerprint density at radius 1 is 1.04 bits per heavy atom. The summed E-state index contributed by atoms with van der Waals surface area (Å²) in [5.74, 6) is -1.68. The zero-order valence-corrected chi connectivity index (χ0v) is 13.4. The van der Waals surface area contributed by atoms with Crippen molar-refractivity contribution in [1.29, 1.82) is 0 Å². The summed E-state index contributed by atoms with van der Waals surface area (Å²) in [5, 5.41) is 2.79. The molecule has 1 amide bonds. The number of carbonyl (C=O) groups excluding carboxylic acids is 3. The highest BCUT2D eigenvalue weighted by atomic mass is 35.5. The first kappa shape index (κ1) is 17.4. The highest BCUT2D eigenvalue weighted by molar-refractivity contribution is 6.29. The van der Waals surface area contributed by atoms with E-state index in [1.165, 1.54) is 49.7 Å². The van der Waals surface area contributed by atoms with Gasteiger partial charge in [0.05, 0.1) is 18.2 Å². The summed E-state index contributed by atoms with van der Waals surface area (Å²) in [6.07, 6.45) is 1.26. The SMILES string of the molecule is COC(=O)c1ccc(NC(=O)COC(=O)c2ccc(Cl)nc2)cc1. The molecule has 8 heteroatoms. The van der Waals surface area contributed by atoms with Crippen molar-refractivity contribution in [2.75, 3.05) is 19.0 Å². The molecule has 1 N–H and O–H groups in total. The van der Waals surface area contributed by atoms with E-state index in [0.717, 1.165) is 0 Å². The van der Waals surface area contributed by atoms with Gasteiger partial charge < -0.3 is 14.8 Å². The van der Waals surface area contributed by atoms with Crippen LogP contribution >= 0.6 is 11.6 Å². The minimum Gasteiger partial charge on any atom is -0.465 e. The lowest BCUT2D eigenvalue weighted by Crippen LogP contribution is -2.21. The van der Waals surface area contributed by atoms with Crippen LogP contribution in [0.4, 0.5) is 5.69 Å². The molecule has 0 saturated heterocycles. The van der Waals surface area contributed by atoms with Crippen LogP contribution in [0, 0.1) is 0 Å². The summed E-state index contributed by atoms with van der Waals surface area (Å²) in [4.78, 5) is 38.5. The third kappa shape index (κ3) is 4.79. The Balaban J connectivity index is 1.85.